The largest absolute Gasteiger partial charge is 0.416 e. The van der Waals surface area contributed by atoms with Crippen molar-refractivity contribution in [1.82, 2.24) is 5.32 Å². The molecule has 0 atom stereocenters. The first-order valence-corrected chi connectivity index (χ1v) is 8.33. The molecule has 0 saturated carbocycles. The van der Waals surface area contributed by atoms with Crippen LogP contribution in [0.4, 0.5) is 13.2 Å². The van der Waals surface area contributed by atoms with Crippen LogP contribution < -0.4 is 11.1 Å². The summed E-state index contributed by atoms with van der Waals surface area (Å²) in [6.45, 7) is -0.184. The molecule has 0 unspecified atom stereocenters. The van der Waals surface area contributed by atoms with Gasteiger partial charge in [-0.3, -0.25) is 4.79 Å². The molecule has 0 heterocycles. The lowest BCUT2D eigenvalue weighted by Gasteiger charge is -2.14. The van der Waals surface area contributed by atoms with Gasteiger partial charge in [0.15, 0.2) is 0 Å². The Hall–Kier alpha value is -2.51. The van der Waals surface area contributed by atoms with E-state index >= 15 is 0 Å². The Balaban J connectivity index is 2.04. The number of nitrogens with one attached hydrogen (secondary N) is 1. The van der Waals surface area contributed by atoms with Crippen LogP contribution in [0.2, 0.25) is 10.0 Å². The quantitative estimate of drug-likeness (QED) is 0.543. The molecule has 0 radical (unpaired) electrons. The van der Waals surface area contributed by atoms with Gasteiger partial charge in [0.2, 0.25) is 0 Å². The number of carbonyl (C=O) groups is 1. The summed E-state index contributed by atoms with van der Waals surface area (Å²) in [7, 11) is 0. The molecule has 4 nitrogen and oxygen atoms in total. The third-order valence-electron chi connectivity index (χ3n) is 3.41. The molecule has 0 aliphatic heterocycles. The number of carbonyl (C=O) groups excluding carboxylic acids is 1. The van der Waals surface area contributed by atoms with Crippen LogP contribution in [0.5, 0.6) is 0 Å². The van der Waals surface area contributed by atoms with E-state index in [0.29, 0.717) is 0 Å². The summed E-state index contributed by atoms with van der Waals surface area (Å²) < 4.78 is 39.0. The molecular formula is C18H14Cl2F3N3O. The van der Waals surface area contributed by atoms with Gasteiger partial charge in [0.05, 0.1) is 16.1 Å². The van der Waals surface area contributed by atoms with E-state index in [9.17, 15) is 18.0 Å². The second kappa shape index (κ2) is 8.92. The number of amides is 1. The Morgan fingerprint density at radius 2 is 1.78 bits per heavy atom. The number of benzene rings is 2. The number of halogens is 5. The van der Waals surface area contributed by atoms with Crippen LogP contribution in [-0.2, 0) is 12.7 Å². The lowest BCUT2D eigenvalue weighted by Crippen LogP contribution is -2.16. The number of nitrogens with zero attached hydrogens (tertiary/aromatic N) is 1. The molecule has 0 aromatic heterocycles. The molecule has 2 aromatic rings. The predicted molar refractivity (Wildman–Crippen MR) is 99.8 cm³/mol. The van der Waals surface area contributed by atoms with Gasteiger partial charge in [-0.15, -0.1) is 0 Å². The number of hydrogen-bond acceptors (Lipinski definition) is 2. The topological polar surface area (TPSA) is 67.5 Å². The highest BCUT2D eigenvalue weighted by Gasteiger charge is 2.33. The van der Waals surface area contributed by atoms with Gasteiger partial charge < -0.3 is 11.1 Å². The van der Waals surface area contributed by atoms with Gasteiger partial charge in [0.1, 0.15) is 5.84 Å². The van der Waals surface area contributed by atoms with Gasteiger partial charge in [-0.05, 0) is 30.3 Å². The molecule has 9 heteroatoms. The molecule has 0 spiro atoms. The predicted octanol–water partition coefficient (Wildman–Crippen LogP) is 4.81. The Labute approximate surface area is 163 Å². The molecule has 1 amide bonds. The smallest absolute Gasteiger partial charge is 0.387 e. The lowest BCUT2D eigenvalue weighted by molar-refractivity contribution is -0.138. The number of nitrogens with two attached hydrogens (primary N) is 1. The Bertz CT molecular complexity index is 896. The number of hydrogen-bond donors (Lipinski definition) is 2. The second-order valence-corrected chi connectivity index (χ2v) is 6.11. The van der Waals surface area contributed by atoms with Crippen LogP contribution in [0.25, 0.3) is 0 Å². The van der Waals surface area contributed by atoms with Crippen LogP contribution in [0, 0.1) is 0 Å². The molecule has 0 fully saturated rings. The summed E-state index contributed by atoms with van der Waals surface area (Å²) in [4.78, 5) is 15.6. The van der Waals surface area contributed by atoms with Crippen molar-refractivity contribution in [3.63, 3.8) is 0 Å². The van der Waals surface area contributed by atoms with E-state index in [1.54, 1.807) is 18.2 Å². The molecule has 3 N–H and O–H groups in total. The van der Waals surface area contributed by atoms with Gasteiger partial charge in [0, 0.05) is 23.3 Å². The van der Waals surface area contributed by atoms with Crippen molar-refractivity contribution < 1.29 is 18.0 Å². The minimum absolute atomic E-state index is 0.0127. The van der Waals surface area contributed by atoms with E-state index in [1.807, 2.05) is 0 Å². The van der Waals surface area contributed by atoms with Gasteiger partial charge in [0.25, 0.3) is 5.91 Å². The van der Waals surface area contributed by atoms with Crippen LogP contribution in [0.15, 0.2) is 59.7 Å². The summed E-state index contributed by atoms with van der Waals surface area (Å²) >= 11 is 11.8. The Morgan fingerprint density at radius 3 is 2.44 bits per heavy atom. The van der Waals surface area contributed by atoms with Crippen LogP contribution in [0.3, 0.4) is 0 Å². The first kappa shape index (κ1) is 20.8. The van der Waals surface area contributed by atoms with Crippen LogP contribution in [0.1, 0.15) is 21.5 Å². The average molecular weight is 416 g/mol. The maximum Gasteiger partial charge on any atom is 0.416 e. The SMILES string of the molecule is NC(/C=C\NCc1c(Cl)cccc1C(F)(F)F)=NC(=O)c1ccccc1Cl. The molecular weight excluding hydrogens is 402 g/mol. The van der Waals surface area contributed by atoms with Crippen molar-refractivity contribution in [2.24, 2.45) is 10.7 Å². The third-order valence-corrected chi connectivity index (χ3v) is 4.09. The zero-order chi connectivity index (χ0) is 20.0. The van der Waals surface area contributed by atoms with E-state index < -0.39 is 17.6 Å². The first-order valence-electron chi connectivity index (χ1n) is 7.57. The third kappa shape index (κ3) is 5.74. The minimum Gasteiger partial charge on any atom is -0.387 e. The fourth-order valence-electron chi connectivity index (χ4n) is 2.16. The van der Waals surface area contributed by atoms with Gasteiger partial charge in [-0.2, -0.15) is 18.2 Å². The van der Waals surface area contributed by atoms with Crippen molar-refractivity contribution in [2.75, 3.05) is 0 Å². The molecule has 2 aromatic carbocycles. The van der Waals surface area contributed by atoms with E-state index in [2.05, 4.69) is 10.3 Å². The van der Waals surface area contributed by atoms with Crippen molar-refractivity contribution in [2.45, 2.75) is 12.7 Å². The molecule has 142 valence electrons. The van der Waals surface area contributed by atoms with E-state index in [1.165, 1.54) is 30.5 Å². The molecule has 0 bridgehead atoms. The minimum atomic E-state index is -4.52. The fraction of sp³-hybridized carbons (Fsp3) is 0.111. The standard InChI is InChI=1S/C18H14Cl2F3N3O/c19-14-6-2-1-4-11(14)17(27)26-16(24)8-9-25-10-12-13(18(21,22)23)5-3-7-15(12)20/h1-9,25H,10H2,(H2,24,26,27)/b9-8-. The monoisotopic (exact) mass is 415 g/mol. The Kier molecular flexibility index (Phi) is 6.87. The van der Waals surface area contributed by atoms with Gasteiger partial charge >= 0.3 is 6.18 Å². The normalized spacial score (nSPS) is 12.4. The first-order chi connectivity index (χ1) is 12.7. The summed E-state index contributed by atoms with van der Waals surface area (Å²) in [6.07, 6.45) is -1.99. The maximum atomic E-state index is 13.0. The zero-order valence-corrected chi connectivity index (χ0v) is 15.2. The summed E-state index contributed by atoms with van der Waals surface area (Å²) in [6, 6.07) is 9.89. The summed E-state index contributed by atoms with van der Waals surface area (Å²) in [5, 5.41) is 2.87. The average Bonchev–Trinajstić information content (AvgIpc) is 2.59. The van der Waals surface area contributed by atoms with Crippen molar-refractivity contribution in [3.05, 3.63) is 81.5 Å². The fourth-order valence-corrected chi connectivity index (χ4v) is 2.62. The highest BCUT2D eigenvalue weighted by Crippen LogP contribution is 2.34. The van der Waals surface area contributed by atoms with Crippen molar-refractivity contribution >= 4 is 34.9 Å². The van der Waals surface area contributed by atoms with Gasteiger partial charge in [-0.1, -0.05) is 41.4 Å². The second-order valence-electron chi connectivity index (χ2n) is 5.30. The van der Waals surface area contributed by atoms with Crippen molar-refractivity contribution in [3.8, 4) is 0 Å². The summed E-state index contributed by atoms with van der Waals surface area (Å²) in [5.74, 6) is -0.768. The van der Waals surface area contributed by atoms with E-state index in [-0.39, 0.29) is 33.6 Å². The zero-order valence-electron chi connectivity index (χ0n) is 13.7. The summed E-state index contributed by atoms with van der Waals surface area (Å²) in [5.41, 5.74) is 4.89. The highest BCUT2D eigenvalue weighted by molar-refractivity contribution is 6.34. The molecule has 2 rings (SSSR count). The maximum absolute atomic E-state index is 13.0. The number of amidine groups is 1. The number of aliphatic imine (C=N–C) groups is 1. The number of rotatable bonds is 5. The molecule has 0 aliphatic carbocycles. The van der Waals surface area contributed by atoms with E-state index in [0.717, 1.165) is 6.07 Å². The van der Waals surface area contributed by atoms with Crippen LogP contribution in [-0.4, -0.2) is 11.7 Å². The van der Waals surface area contributed by atoms with Crippen LogP contribution >= 0.6 is 23.2 Å². The highest BCUT2D eigenvalue weighted by atomic mass is 35.5. The van der Waals surface area contributed by atoms with Gasteiger partial charge in [-0.25, -0.2) is 0 Å². The van der Waals surface area contributed by atoms with Crippen molar-refractivity contribution in [1.29, 1.82) is 0 Å². The lowest BCUT2D eigenvalue weighted by atomic mass is 10.1. The molecule has 0 aliphatic rings. The molecule has 0 saturated heterocycles. The van der Waals surface area contributed by atoms with E-state index in [4.69, 9.17) is 28.9 Å². The Morgan fingerprint density at radius 1 is 1.11 bits per heavy atom. The molecule has 27 heavy (non-hydrogen) atoms. The number of alkyl halides is 3.